The van der Waals surface area contributed by atoms with Crippen molar-refractivity contribution in [3.05, 3.63) is 64.0 Å². The summed E-state index contributed by atoms with van der Waals surface area (Å²) >= 11 is 8.31. The fourth-order valence-corrected chi connectivity index (χ4v) is 4.27. The number of carbonyl (C=O) groups excluding carboxylic acids is 3. The molecule has 0 saturated carbocycles. The normalized spacial score (nSPS) is 15.4. The van der Waals surface area contributed by atoms with Crippen molar-refractivity contribution in [2.75, 3.05) is 6.54 Å². The summed E-state index contributed by atoms with van der Waals surface area (Å²) in [5.41, 5.74) is 0.792. The Morgan fingerprint density at radius 3 is 2.28 bits per heavy atom. The van der Waals surface area contributed by atoms with Crippen LogP contribution in [-0.2, 0) is 14.3 Å². The molecule has 1 heterocycles. The van der Waals surface area contributed by atoms with E-state index >= 15 is 0 Å². The first kappa shape index (κ1) is 21.5. The average Bonchev–Trinajstić information content (AvgIpc) is 2.92. The zero-order chi connectivity index (χ0) is 21.0. The molecular weight excluding hydrogens is 430 g/mol. The molecule has 0 radical (unpaired) electrons. The number of imide groups is 1. The molecule has 3 rings (SSSR count). The molecule has 5 nitrogen and oxygen atoms in total. The van der Waals surface area contributed by atoms with Crippen molar-refractivity contribution in [3.63, 3.8) is 0 Å². The third kappa shape index (κ3) is 5.88. The third-order valence-corrected chi connectivity index (χ3v) is 5.93. The fourth-order valence-electron chi connectivity index (χ4n) is 2.49. The van der Waals surface area contributed by atoms with Crippen molar-refractivity contribution < 1.29 is 19.1 Å². The van der Waals surface area contributed by atoms with Gasteiger partial charge in [-0.05, 0) is 73.6 Å². The molecule has 1 fully saturated rings. The van der Waals surface area contributed by atoms with Gasteiger partial charge in [0, 0.05) is 14.8 Å². The van der Waals surface area contributed by atoms with Crippen LogP contribution in [0.25, 0.3) is 6.08 Å². The summed E-state index contributed by atoms with van der Waals surface area (Å²) in [7, 11) is 0. The molecule has 0 unspecified atom stereocenters. The summed E-state index contributed by atoms with van der Waals surface area (Å²) < 4.78 is 5.01. The molecule has 8 heteroatoms. The fraction of sp³-hybridized carbons (Fsp3) is 0.190. The second-order valence-electron chi connectivity index (χ2n) is 6.43. The molecule has 1 aliphatic rings. The van der Waals surface area contributed by atoms with Gasteiger partial charge in [-0.25, -0.2) is 0 Å². The van der Waals surface area contributed by atoms with Crippen LogP contribution < -0.4 is 0 Å². The second kappa shape index (κ2) is 9.52. The molecule has 1 saturated heterocycles. The van der Waals surface area contributed by atoms with E-state index in [0.29, 0.717) is 5.02 Å². The number of nitrogens with zero attached hydrogens (tertiary/aromatic N) is 1. The quantitative estimate of drug-likeness (QED) is 0.431. The van der Waals surface area contributed by atoms with Gasteiger partial charge in [-0.2, -0.15) is 0 Å². The lowest BCUT2D eigenvalue weighted by atomic mass is 10.2. The van der Waals surface area contributed by atoms with E-state index < -0.39 is 17.1 Å². The first-order chi connectivity index (χ1) is 13.8. The zero-order valence-electron chi connectivity index (χ0n) is 15.8. The summed E-state index contributed by atoms with van der Waals surface area (Å²) in [5, 5.41) is 0.216. The molecule has 1 aliphatic heterocycles. The highest BCUT2D eigenvalue weighted by Gasteiger charge is 2.36. The number of amides is 2. The SMILES string of the molecule is CC(C)OC(=O)CN1C(=O)S/C(=C/c2ccc(Sc3ccc(Cl)cc3)cc2)C1=O. The minimum absolute atomic E-state index is 0.283. The Morgan fingerprint density at radius 1 is 1.10 bits per heavy atom. The largest absolute Gasteiger partial charge is 0.462 e. The number of benzene rings is 2. The average molecular weight is 448 g/mol. The molecule has 0 atom stereocenters. The van der Waals surface area contributed by atoms with Crippen LogP contribution in [0.4, 0.5) is 4.79 Å². The molecule has 0 bridgehead atoms. The lowest BCUT2D eigenvalue weighted by molar-refractivity contribution is -0.149. The third-order valence-electron chi connectivity index (χ3n) is 3.76. The predicted molar refractivity (Wildman–Crippen MR) is 116 cm³/mol. The number of halogens is 1. The van der Waals surface area contributed by atoms with Gasteiger partial charge in [0.2, 0.25) is 0 Å². The highest BCUT2D eigenvalue weighted by molar-refractivity contribution is 8.18. The molecule has 2 amide bonds. The molecule has 0 spiro atoms. The summed E-state index contributed by atoms with van der Waals surface area (Å²) in [4.78, 5) is 39.6. The highest BCUT2D eigenvalue weighted by atomic mass is 35.5. The number of thioether (sulfide) groups is 1. The van der Waals surface area contributed by atoms with Gasteiger partial charge in [-0.1, -0.05) is 35.5 Å². The molecule has 0 aromatic heterocycles. The maximum Gasteiger partial charge on any atom is 0.326 e. The molecule has 0 aliphatic carbocycles. The van der Waals surface area contributed by atoms with Gasteiger partial charge in [0.25, 0.3) is 11.1 Å². The van der Waals surface area contributed by atoms with Crippen molar-refractivity contribution >= 4 is 58.3 Å². The van der Waals surface area contributed by atoms with Crippen LogP contribution in [0.15, 0.2) is 63.2 Å². The van der Waals surface area contributed by atoms with Crippen molar-refractivity contribution in [2.45, 2.75) is 29.7 Å². The van der Waals surface area contributed by atoms with E-state index in [1.807, 2.05) is 48.5 Å². The Balaban J connectivity index is 1.66. The van der Waals surface area contributed by atoms with Gasteiger partial charge in [-0.15, -0.1) is 0 Å². The molecular formula is C21H18ClNO4S2. The number of hydrogen-bond donors (Lipinski definition) is 0. The van der Waals surface area contributed by atoms with E-state index in [-0.39, 0.29) is 17.6 Å². The van der Waals surface area contributed by atoms with Crippen LogP contribution in [0, 0.1) is 0 Å². The number of hydrogen-bond acceptors (Lipinski definition) is 6. The number of rotatable bonds is 6. The number of esters is 1. The zero-order valence-corrected chi connectivity index (χ0v) is 18.1. The topological polar surface area (TPSA) is 63.7 Å². The van der Waals surface area contributed by atoms with Gasteiger partial charge in [0.1, 0.15) is 6.54 Å². The Bertz CT molecular complexity index is 956. The summed E-state index contributed by atoms with van der Waals surface area (Å²) in [5.74, 6) is -1.09. The van der Waals surface area contributed by atoms with Gasteiger partial charge in [0.15, 0.2) is 0 Å². The molecule has 2 aromatic rings. The lowest BCUT2D eigenvalue weighted by Gasteiger charge is -2.13. The van der Waals surface area contributed by atoms with Crippen LogP contribution in [0.3, 0.4) is 0 Å². The van der Waals surface area contributed by atoms with Crippen molar-refractivity contribution in [1.82, 2.24) is 4.90 Å². The van der Waals surface area contributed by atoms with Crippen LogP contribution in [0.5, 0.6) is 0 Å². The molecule has 0 N–H and O–H groups in total. The first-order valence-corrected chi connectivity index (χ1v) is 10.8. The Kier molecular flexibility index (Phi) is 7.05. The van der Waals surface area contributed by atoms with Crippen LogP contribution in [0.2, 0.25) is 5.02 Å². The Morgan fingerprint density at radius 2 is 1.69 bits per heavy atom. The molecule has 29 heavy (non-hydrogen) atoms. The monoisotopic (exact) mass is 447 g/mol. The predicted octanol–water partition coefficient (Wildman–Crippen LogP) is 5.48. The van der Waals surface area contributed by atoms with Gasteiger partial charge < -0.3 is 4.74 Å². The highest BCUT2D eigenvalue weighted by Crippen LogP contribution is 2.33. The van der Waals surface area contributed by atoms with E-state index in [4.69, 9.17) is 16.3 Å². The minimum atomic E-state index is -0.605. The Labute approximate surface area is 182 Å². The molecule has 150 valence electrons. The number of carbonyl (C=O) groups is 3. The standard InChI is InChI=1S/C21H18ClNO4S2/c1-13(2)27-19(24)12-23-20(25)18(29-21(23)26)11-14-3-7-16(8-4-14)28-17-9-5-15(22)6-10-17/h3-11,13H,12H2,1-2H3/b18-11+. The second-order valence-corrected chi connectivity index (χ2v) is 9.01. The number of ether oxygens (including phenoxy) is 1. The smallest absolute Gasteiger partial charge is 0.326 e. The van der Waals surface area contributed by atoms with Crippen LogP contribution >= 0.6 is 35.1 Å². The summed E-state index contributed by atoms with van der Waals surface area (Å²) in [6, 6.07) is 15.2. The van der Waals surface area contributed by atoms with Crippen LogP contribution in [-0.4, -0.2) is 34.7 Å². The van der Waals surface area contributed by atoms with E-state index in [9.17, 15) is 14.4 Å². The first-order valence-electron chi connectivity index (χ1n) is 8.80. The summed E-state index contributed by atoms with van der Waals surface area (Å²) in [6.07, 6.45) is 1.34. The lowest BCUT2D eigenvalue weighted by Crippen LogP contribution is -2.35. The van der Waals surface area contributed by atoms with E-state index in [2.05, 4.69) is 0 Å². The van der Waals surface area contributed by atoms with E-state index in [1.165, 1.54) is 0 Å². The van der Waals surface area contributed by atoms with Gasteiger partial charge in [0.05, 0.1) is 11.0 Å². The van der Waals surface area contributed by atoms with Crippen LogP contribution in [0.1, 0.15) is 19.4 Å². The maximum atomic E-state index is 12.5. The Hall–Kier alpha value is -2.22. The van der Waals surface area contributed by atoms with Crippen molar-refractivity contribution in [1.29, 1.82) is 0 Å². The minimum Gasteiger partial charge on any atom is -0.462 e. The van der Waals surface area contributed by atoms with Crippen molar-refractivity contribution in [2.24, 2.45) is 0 Å². The molecule has 2 aromatic carbocycles. The maximum absolute atomic E-state index is 12.5. The van der Waals surface area contributed by atoms with Gasteiger partial charge >= 0.3 is 5.97 Å². The summed E-state index contributed by atoms with van der Waals surface area (Å²) in [6.45, 7) is 3.04. The van der Waals surface area contributed by atoms with E-state index in [0.717, 1.165) is 32.0 Å². The van der Waals surface area contributed by atoms with Gasteiger partial charge in [-0.3, -0.25) is 19.3 Å². The van der Waals surface area contributed by atoms with Crippen molar-refractivity contribution in [3.8, 4) is 0 Å². The van der Waals surface area contributed by atoms with E-state index in [1.54, 1.807) is 31.7 Å².